The molecule has 1 aromatic carbocycles. The summed E-state index contributed by atoms with van der Waals surface area (Å²) in [5.74, 6) is 2.09. The van der Waals surface area contributed by atoms with Crippen molar-refractivity contribution in [3.8, 4) is 5.75 Å². The molecule has 0 radical (unpaired) electrons. The number of rotatable bonds is 10. The van der Waals surface area contributed by atoms with Crippen molar-refractivity contribution < 1.29 is 9.53 Å². The number of carbonyl (C=O) groups is 1. The fraction of sp³-hybridized carbons (Fsp3) is 0.600. The number of hydrogen-bond acceptors (Lipinski definition) is 3. The van der Waals surface area contributed by atoms with E-state index in [9.17, 15) is 4.79 Å². The Bertz CT molecular complexity index is 580. The van der Waals surface area contributed by atoms with Crippen LogP contribution in [-0.2, 0) is 11.2 Å². The monoisotopic (exact) mass is 360 g/mol. The minimum absolute atomic E-state index is 0.0441. The number of nitrogens with zero attached hydrogens (tertiary/aromatic N) is 1. The quantitative estimate of drug-likeness (QED) is 0.441. The molecule has 6 heteroatoms. The molecule has 1 aromatic rings. The van der Waals surface area contributed by atoms with Crippen molar-refractivity contribution in [2.24, 2.45) is 10.9 Å². The number of ether oxygens (including phenoxy) is 1. The summed E-state index contributed by atoms with van der Waals surface area (Å²) in [6.45, 7) is 8.94. The van der Waals surface area contributed by atoms with Crippen LogP contribution in [0.4, 0.5) is 0 Å². The Morgan fingerprint density at radius 2 is 1.96 bits per heavy atom. The molecule has 0 heterocycles. The molecule has 0 atom stereocenters. The maximum atomic E-state index is 11.6. The molecule has 1 aliphatic carbocycles. The van der Waals surface area contributed by atoms with Gasteiger partial charge < -0.3 is 20.7 Å². The van der Waals surface area contributed by atoms with Gasteiger partial charge in [0.05, 0.1) is 0 Å². The van der Waals surface area contributed by atoms with Crippen molar-refractivity contribution in [3.63, 3.8) is 0 Å². The van der Waals surface area contributed by atoms with E-state index in [0.29, 0.717) is 12.0 Å². The van der Waals surface area contributed by atoms with Gasteiger partial charge in [-0.25, -0.2) is 0 Å². The second-order valence-electron chi connectivity index (χ2n) is 7.06. The second-order valence-corrected chi connectivity index (χ2v) is 7.06. The van der Waals surface area contributed by atoms with Crippen LogP contribution in [0.1, 0.15) is 39.2 Å². The Labute approximate surface area is 156 Å². The SMILES string of the molecule is CCNC(=NCC(C)C)NCCc1ccc(OCC(=O)NC2CC2)cc1. The molecule has 0 bridgehead atoms. The molecule has 0 saturated heterocycles. The Balaban J connectivity index is 1.70. The van der Waals surface area contributed by atoms with E-state index in [2.05, 4.69) is 41.7 Å². The number of hydrogen-bond donors (Lipinski definition) is 3. The number of guanidine groups is 1. The normalized spacial score (nSPS) is 14.2. The van der Waals surface area contributed by atoms with Crippen molar-refractivity contribution >= 4 is 11.9 Å². The summed E-state index contributed by atoms with van der Waals surface area (Å²) < 4.78 is 5.52. The predicted molar refractivity (Wildman–Crippen MR) is 106 cm³/mol. The first-order valence-corrected chi connectivity index (χ1v) is 9.60. The average Bonchev–Trinajstić information content (AvgIpc) is 3.43. The number of amides is 1. The van der Waals surface area contributed by atoms with E-state index in [0.717, 1.165) is 50.6 Å². The fourth-order valence-corrected chi connectivity index (χ4v) is 2.34. The van der Waals surface area contributed by atoms with Gasteiger partial charge in [-0.3, -0.25) is 9.79 Å². The molecular formula is C20H32N4O2. The first-order chi connectivity index (χ1) is 12.6. The predicted octanol–water partition coefficient (Wildman–Crippen LogP) is 2.10. The lowest BCUT2D eigenvalue weighted by atomic mass is 10.1. The summed E-state index contributed by atoms with van der Waals surface area (Å²) in [4.78, 5) is 16.2. The van der Waals surface area contributed by atoms with Crippen LogP contribution in [0, 0.1) is 5.92 Å². The van der Waals surface area contributed by atoms with Gasteiger partial charge in [-0.15, -0.1) is 0 Å². The zero-order valence-corrected chi connectivity index (χ0v) is 16.2. The van der Waals surface area contributed by atoms with Gasteiger partial charge in [-0.05, 0) is 49.8 Å². The standard InChI is InChI=1S/C20H32N4O2/c1-4-21-20(23-13-15(2)3)22-12-11-16-5-9-18(10-6-16)26-14-19(25)24-17-7-8-17/h5-6,9-10,15,17H,4,7-8,11-14H2,1-3H3,(H,24,25)(H2,21,22,23). The van der Waals surface area contributed by atoms with E-state index < -0.39 is 0 Å². The Kier molecular flexibility index (Phi) is 8.25. The highest BCUT2D eigenvalue weighted by Gasteiger charge is 2.23. The minimum atomic E-state index is -0.0441. The van der Waals surface area contributed by atoms with Gasteiger partial charge in [-0.1, -0.05) is 26.0 Å². The Morgan fingerprint density at radius 3 is 2.58 bits per heavy atom. The van der Waals surface area contributed by atoms with Crippen LogP contribution in [0.15, 0.2) is 29.3 Å². The summed E-state index contributed by atoms with van der Waals surface area (Å²) in [7, 11) is 0. The molecule has 6 nitrogen and oxygen atoms in total. The molecule has 0 aromatic heterocycles. The Morgan fingerprint density at radius 1 is 1.23 bits per heavy atom. The van der Waals surface area contributed by atoms with Gasteiger partial charge in [0.15, 0.2) is 12.6 Å². The van der Waals surface area contributed by atoms with Gasteiger partial charge in [0.2, 0.25) is 0 Å². The van der Waals surface area contributed by atoms with Gasteiger partial charge in [0.1, 0.15) is 5.75 Å². The van der Waals surface area contributed by atoms with E-state index in [-0.39, 0.29) is 12.5 Å². The highest BCUT2D eigenvalue weighted by Crippen LogP contribution is 2.18. The molecule has 1 aliphatic rings. The molecule has 2 rings (SSSR count). The highest BCUT2D eigenvalue weighted by atomic mass is 16.5. The molecule has 0 unspecified atom stereocenters. The zero-order valence-electron chi connectivity index (χ0n) is 16.2. The summed E-state index contributed by atoms with van der Waals surface area (Å²) in [6, 6.07) is 8.27. The first-order valence-electron chi connectivity index (χ1n) is 9.60. The van der Waals surface area contributed by atoms with Gasteiger partial charge in [0.25, 0.3) is 5.91 Å². The van der Waals surface area contributed by atoms with E-state index in [4.69, 9.17) is 4.74 Å². The topological polar surface area (TPSA) is 74.8 Å². The van der Waals surface area contributed by atoms with Crippen LogP contribution in [0.3, 0.4) is 0 Å². The summed E-state index contributed by atoms with van der Waals surface area (Å²) in [5.41, 5.74) is 1.21. The van der Waals surface area contributed by atoms with E-state index in [1.165, 1.54) is 5.56 Å². The van der Waals surface area contributed by atoms with E-state index in [1.54, 1.807) is 0 Å². The molecule has 1 saturated carbocycles. The van der Waals surface area contributed by atoms with Crippen molar-refractivity contribution in [1.29, 1.82) is 0 Å². The third kappa shape index (κ3) is 8.23. The molecule has 1 fully saturated rings. The summed E-state index contributed by atoms with van der Waals surface area (Å²) in [5, 5.41) is 9.53. The van der Waals surface area contributed by atoms with Crippen molar-refractivity contribution in [2.75, 3.05) is 26.2 Å². The maximum Gasteiger partial charge on any atom is 0.258 e. The van der Waals surface area contributed by atoms with Crippen LogP contribution in [0.25, 0.3) is 0 Å². The number of aliphatic imine (C=N–C) groups is 1. The lowest BCUT2D eigenvalue weighted by Gasteiger charge is -2.12. The highest BCUT2D eigenvalue weighted by molar-refractivity contribution is 5.79. The molecule has 0 spiro atoms. The average molecular weight is 361 g/mol. The molecule has 26 heavy (non-hydrogen) atoms. The molecular weight excluding hydrogens is 328 g/mol. The summed E-state index contributed by atoms with van der Waals surface area (Å²) >= 11 is 0. The lowest BCUT2D eigenvalue weighted by Crippen LogP contribution is -2.38. The van der Waals surface area contributed by atoms with Gasteiger partial charge in [0, 0.05) is 25.7 Å². The first kappa shape index (κ1) is 20.1. The van der Waals surface area contributed by atoms with Crippen LogP contribution in [0.2, 0.25) is 0 Å². The molecule has 0 aliphatic heterocycles. The third-order valence-corrected chi connectivity index (χ3v) is 3.90. The smallest absolute Gasteiger partial charge is 0.258 e. The third-order valence-electron chi connectivity index (χ3n) is 3.90. The summed E-state index contributed by atoms with van der Waals surface area (Å²) in [6.07, 6.45) is 3.08. The number of carbonyl (C=O) groups excluding carboxylic acids is 1. The molecule has 1 amide bonds. The van der Waals surface area contributed by atoms with Gasteiger partial charge >= 0.3 is 0 Å². The van der Waals surface area contributed by atoms with Crippen LogP contribution < -0.4 is 20.7 Å². The zero-order chi connectivity index (χ0) is 18.8. The van der Waals surface area contributed by atoms with E-state index in [1.807, 2.05) is 24.3 Å². The van der Waals surface area contributed by atoms with Crippen molar-refractivity contribution in [2.45, 2.75) is 46.1 Å². The molecule has 3 N–H and O–H groups in total. The van der Waals surface area contributed by atoms with Gasteiger partial charge in [-0.2, -0.15) is 0 Å². The van der Waals surface area contributed by atoms with Crippen LogP contribution in [0.5, 0.6) is 5.75 Å². The number of benzene rings is 1. The van der Waals surface area contributed by atoms with Crippen LogP contribution in [-0.4, -0.2) is 44.1 Å². The minimum Gasteiger partial charge on any atom is -0.484 e. The molecule has 144 valence electrons. The Hall–Kier alpha value is -2.24. The fourth-order valence-electron chi connectivity index (χ4n) is 2.34. The second kappa shape index (κ2) is 10.7. The lowest BCUT2D eigenvalue weighted by molar-refractivity contribution is -0.123. The number of nitrogens with one attached hydrogen (secondary N) is 3. The largest absolute Gasteiger partial charge is 0.484 e. The van der Waals surface area contributed by atoms with Crippen molar-refractivity contribution in [1.82, 2.24) is 16.0 Å². The van der Waals surface area contributed by atoms with Crippen molar-refractivity contribution in [3.05, 3.63) is 29.8 Å². The van der Waals surface area contributed by atoms with Crippen LogP contribution >= 0.6 is 0 Å². The van der Waals surface area contributed by atoms with E-state index >= 15 is 0 Å². The maximum absolute atomic E-state index is 11.6.